The molecular weight excluding hydrogens is 503 g/mol. The van der Waals surface area contributed by atoms with Crippen molar-refractivity contribution in [2.24, 2.45) is 4.99 Å². The Labute approximate surface area is 216 Å². The molecule has 184 valence electrons. The standard InChI is InChI=1S/C16H13N3O3.C9H9Cl2N3/c1-22-16(21)19-15-17-12-8-7-11(9-13(12)18-15)14(20)10-5-3-2-4-6-10;10-6-2-1-3-7(11)8(6)14-9-12-4-5-13-9/h2-9H,1H3,(H2,17,18,19,21);1-3H,4-5H2,(H2,12,13,14). The minimum atomic E-state index is -0.611. The van der Waals surface area contributed by atoms with E-state index in [1.165, 1.54) is 7.11 Å². The molecule has 0 bridgehead atoms. The Kier molecular flexibility index (Phi) is 8.04. The van der Waals surface area contributed by atoms with Gasteiger partial charge in [-0.3, -0.25) is 10.1 Å². The summed E-state index contributed by atoms with van der Waals surface area (Å²) in [5.74, 6) is 0.916. The lowest BCUT2D eigenvalue weighted by Crippen LogP contribution is -2.23. The van der Waals surface area contributed by atoms with Crippen LogP contribution in [0.25, 0.3) is 11.0 Å². The molecule has 0 radical (unpaired) electrons. The summed E-state index contributed by atoms with van der Waals surface area (Å²) in [5, 5.41) is 9.72. The molecule has 11 heteroatoms. The van der Waals surface area contributed by atoms with Crippen LogP contribution in [0.2, 0.25) is 10.0 Å². The fourth-order valence-electron chi connectivity index (χ4n) is 3.32. The van der Waals surface area contributed by atoms with E-state index in [-0.39, 0.29) is 11.7 Å². The van der Waals surface area contributed by atoms with Crippen LogP contribution in [0.5, 0.6) is 0 Å². The van der Waals surface area contributed by atoms with Crippen molar-refractivity contribution in [2.45, 2.75) is 0 Å². The molecule has 5 rings (SSSR count). The molecule has 1 aromatic heterocycles. The van der Waals surface area contributed by atoms with Gasteiger partial charge in [0.15, 0.2) is 11.7 Å². The molecule has 0 aliphatic carbocycles. The molecule has 1 saturated heterocycles. The van der Waals surface area contributed by atoms with Crippen LogP contribution in [0, 0.1) is 0 Å². The maximum Gasteiger partial charge on any atom is 0.413 e. The fourth-order valence-corrected chi connectivity index (χ4v) is 3.80. The number of amides is 1. The molecule has 9 nitrogen and oxygen atoms in total. The Morgan fingerprint density at radius 2 is 1.64 bits per heavy atom. The number of carbonyl (C=O) groups excluding carboxylic acids is 2. The highest BCUT2D eigenvalue weighted by atomic mass is 35.5. The van der Waals surface area contributed by atoms with E-state index in [0.29, 0.717) is 32.4 Å². The number of halogens is 2. The number of fused-ring (bicyclic) bond motifs is 1. The minimum Gasteiger partial charge on any atom is -0.453 e. The molecule has 2 heterocycles. The number of aromatic nitrogens is 2. The second-order valence-electron chi connectivity index (χ2n) is 7.51. The van der Waals surface area contributed by atoms with Crippen molar-refractivity contribution in [3.63, 3.8) is 0 Å². The van der Waals surface area contributed by atoms with E-state index in [1.54, 1.807) is 48.5 Å². The second-order valence-corrected chi connectivity index (χ2v) is 8.33. The van der Waals surface area contributed by atoms with Crippen molar-refractivity contribution in [3.8, 4) is 0 Å². The summed E-state index contributed by atoms with van der Waals surface area (Å²) in [4.78, 5) is 35.0. The smallest absolute Gasteiger partial charge is 0.413 e. The van der Waals surface area contributed by atoms with Crippen molar-refractivity contribution < 1.29 is 14.3 Å². The first-order chi connectivity index (χ1) is 17.4. The first-order valence-corrected chi connectivity index (χ1v) is 11.6. The SMILES string of the molecule is COC(=O)Nc1nc2cc(C(=O)c3ccccc3)ccc2[nH]1.Clc1cccc(Cl)c1N=C1NCCN1. The number of nitrogens with zero attached hydrogens (tertiary/aromatic N) is 2. The Morgan fingerprint density at radius 3 is 2.31 bits per heavy atom. The van der Waals surface area contributed by atoms with Gasteiger partial charge in [0.1, 0.15) is 5.69 Å². The first-order valence-electron chi connectivity index (χ1n) is 10.9. The summed E-state index contributed by atoms with van der Waals surface area (Å²) < 4.78 is 4.51. The van der Waals surface area contributed by atoms with Crippen LogP contribution in [-0.4, -0.2) is 48.0 Å². The molecule has 36 heavy (non-hydrogen) atoms. The lowest BCUT2D eigenvalue weighted by Gasteiger charge is -2.02. The van der Waals surface area contributed by atoms with Crippen LogP contribution in [0.4, 0.5) is 16.4 Å². The number of ketones is 1. The molecular formula is C25H22Cl2N6O3. The highest BCUT2D eigenvalue weighted by Crippen LogP contribution is 2.32. The van der Waals surface area contributed by atoms with Crippen LogP contribution in [0.3, 0.4) is 0 Å². The Balaban J connectivity index is 0.000000187. The lowest BCUT2D eigenvalue weighted by atomic mass is 10.0. The van der Waals surface area contributed by atoms with Gasteiger partial charge in [0.2, 0.25) is 5.95 Å². The normalized spacial score (nSPS) is 12.1. The number of aromatic amines is 1. The molecule has 0 atom stereocenters. The van der Waals surface area contributed by atoms with E-state index >= 15 is 0 Å². The Hall–Kier alpha value is -4.08. The molecule has 4 N–H and O–H groups in total. The van der Waals surface area contributed by atoms with Gasteiger partial charge in [-0.2, -0.15) is 0 Å². The zero-order chi connectivity index (χ0) is 25.5. The summed E-state index contributed by atoms with van der Waals surface area (Å²) in [6, 6.07) is 19.5. The van der Waals surface area contributed by atoms with Gasteiger partial charge in [-0.1, -0.05) is 59.6 Å². The molecule has 0 saturated carbocycles. The van der Waals surface area contributed by atoms with Crippen LogP contribution in [0.1, 0.15) is 15.9 Å². The zero-order valence-corrected chi connectivity index (χ0v) is 20.7. The number of rotatable bonds is 4. The van der Waals surface area contributed by atoms with Crippen molar-refractivity contribution in [2.75, 3.05) is 25.5 Å². The number of methoxy groups -OCH3 is 1. The molecule has 1 fully saturated rings. The monoisotopic (exact) mass is 524 g/mol. The molecule has 1 aliphatic heterocycles. The summed E-state index contributed by atoms with van der Waals surface area (Å²) in [5.41, 5.74) is 3.07. The number of nitrogens with one attached hydrogen (secondary N) is 4. The number of H-pyrrole nitrogens is 1. The number of hydrogen-bond acceptors (Lipinski definition) is 5. The number of hydrogen-bond donors (Lipinski definition) is 4. The third-order valence-corrected chi connectivity index (χ3v) is 5.67. The average Bonchev–Trinajstić information content (AvgIpc) is 3.55. The Bertz CT molecular complexity index is 1390. The van der Waals surface area contributed by atoms with E-state index in [2.05, 4.69) is 35.6 Å². The van der Waals surface area contributed by atoms with Crippen molar-refractivity contribution in [1.29, 1.82) is 0 Å². The maximum absolute atomic E-state index is 12.4. The summed E-state index contributed by atoms with van der Waals surface area (Å²) in [7, 11) is 1.27. The predicted molar refractivity (Wildman–Crippen MR) is 142 cm³/mol. The summed E-state index contributed by atoms with van der Waals surface area (Å²) >= 11 is 11.9. The van der Waals surface area contributed by atoms with E-state index < -0.39 is 6.09 Å². The molecule has 0 spiro atoms. The van der Waals surface area contributed by atoms with E-state index in [1.807, 2.05) is 18.2 Å². The van der Waals surface area contributed by atoms with Gasteiger partial charge >= 0.3 is 6.09 Å². The van der Waals surface area contributed by atoms with Crippen LogP contribution in [0.15, 0.2) is 71.7 Å². The molecule has 1 amide bonds. The van der Waals surface area contributed by atoms with Gasteiger partial charge in [0.25, 0.3) is 0 Å². The molecule has 4 aromatic rings. The minimum absolute atomic E-state index is 0.0759. The molecule has 3 aromatic carbocycles. The highest BCUT2D eigenvalue weighted by molar-refractivity contribution is 6.38. The van der Waals surface area contributed by atoms with Crippen LogP contribution < -0.4 is 16.0 Å². The quantitative estimate of drug-likeness (QED) is 0.274. The van der Waals surface area contributed by atoms with Gasteiger partial charge in [-0.05, 0) is 30.3 Å². The third kappa shape index (κ3) is 6.12. The average molecular weight is 525 g/mol. The number of para-hydroxylation sites is 1. The third-order valence-electron chi connectivity index (χ3n) is 5.06. The van der Waals surface area contributed by atoms with E-state index in [9.17, 15) is 9.59 Å². The van der Waals surface area contributed by atoms with Crippen LogP contribution in [-0.2, 0) is 4.74 Å². The largest absolute Gasteiger partial charge is 0.453 e. The number of carbonyl (C=O) groups is 2. The fraction of sp³-hybridized carbons (Fsp3) is 0.120. The van der Waals surface area contributed by atoms with E-state index in [0.717, 1.165) is 24.6 Å². The van der Waals surface area contributed by atoms with Gasteiger partial charge < -0.3 is 20.4 Å². The Morgan fingerprint density at radius 1 is 0.944 bits per heavy atom. The number of imidazole rings is 1. The summed E-state index contributed by atoms with van der Waals surface area (Å²) in [6.45, 7) is 1.75. The number of aliphatic imine (C=N–C) groups is 1. The van der Waals surface area contributed by atoms with Gasteiger partial charge in [0, 0.05) is 24.2 Å². The van der Waals surface area contributed by atoms with Crippen molar-refractivity contribution >= 4 is 63.7 Å². The molecule has 0 unspecified atom stereocenters. The van der Waals surface area contributed by atoms with Gasteiger partial charge in [0.05, 0.1) is 28.2 Å². The van der Waals surface area contributed by atoms with Gasteiger partial charge in [-0.25, -0.2) is 14.8 Å². The summed E-state index contributed by atoms with van der Waals surface area (Å²) in [6.07, 6.45) is -0.611. The number of anilines is 1. The van der Waals surface area contributed by atoms with Crippen molar-refractivity contribution in [1.82, 2.24) is 20.6 Å². The number of guanidine groups is 1. The topological polar surface area (TPSA) is 120 Å². The molecule has 1 aliphatic rings. The number of ether oxygens (including phenoxy) is 1. The lowest BCUT2D eigenvalue weighted by molar-refractivity contribution is 0.103. The maximum atomic E-state index is 12.4. The zero-order valence-electron chi connectivity index (χ0n) is 19.1. The van der Waals surface area contributed by atoms with Crippen molar-refractivity contribution in [3.05, 3.63) is 87.9 Å². The highest BCUT2D eigenvalue weighted by Gasteiger charge is 2.12. The second kappa shape index (κ2) is 11.6. The predicted octanol–water partition coefficient (Wildman–Crippen LogP) is 5.15. The first kappa shape index (κ1) is 25.0. The van der Waals surface area contributed by atoms with E-state index in [4.69, 9.17) is 23.2 Å². The number of benzene rings is 3. The van der Waals surface area contributed by atoms with Gasteiger partial charge in [-0.15, -0.1) is 0 Å². The van der Waals surface area contributed by atoms with Crippen LogP contribution >= 0.6 is 23.2 Å².